The second kappa shape index (κ2) is 7.00. The van der Waals surface area contributed by atoms with Gasteiger partial charge in [-0.25, -0.2) is 0 Å². The molecule has 0 saturated carbocycles. The number of halogens is 3. The van der Waals surface area contributed by atoms with Gasteiger partial charge in [0.25, 0.3) is 0 Å². The highest BCUT2D eigenvalue weighted by molar-refractivity contribution is 8.00. The summed E-state index contributed by atoms with van der Waals surface area (Å²) in [7, 11) is 0. The zero-order chi connectivity index (χ0) is 18.9. The lowest BCUT2D eigenvalue weighted by atomic mass is 10.0. The summed E-state index contributed by atoms with van der Waals surface area (Å²) in [6, 6.07) is 8.22. The third-order valence-corrected chi connectivity index (χ3v) is 5.20. The number of thioether (sulfide) groups is 1. The summed E-state index contributed by atoms with van der Waals surface area (Å²) in [6.45, 7) is 6.16. The van der Waals surface area contributed by atoms with Crippen LogP contribution in [0.1, 0.15) is 19.4 Å². The first-order valence-electron chi connectivity index (χ1n) is 8.12. The number of hydrogen-bond donors (Lipinski definition) is 1. The topological polar surface area (TPSA) is 39.6 Å². The Kier molecular flexibility index (Phi) is 5.07. The maximum absolute atomic E-state index is 12.5. The van der Waals surface area contributed by atoms with Crippen molar-refractivity contribution in [3.8, 4) is 5.75 Å². The third-order valence-electron chi connectivity index (χ3n) is 4.46. The molecule has 0 atom stereocenters. The molecule has 3 rings (SSSR count). The Morgan fingerprint density at radius 1 is 1.19 bits per heavy atom. The minimum Gasteiger partial charge on any atom is -0.506 e. The number of nitrogens with zero attached hydrogens (tertiary/aromatic N) is 3. The van der Waals surface area contributed by atoms with Crippen molar-refractivity contribution in [2.45, 2.75) is 36.3 Å². The lowest BCUT2D eigenvalue weighted by Crippen LogP contribution is -2.39. The molecular formula is C18H20F3N3OS. The molecule has 1 aliphatic heterocycles. The molecule has 1 N–H and O–H groups in total. The van der Waals surface area contributed by atoms with E-state index in [1.165, 1.54) is 18.3 Å². The monoisotopic (exact) mass is 383 g/mol. The number of alkyl halides is 3. The maximum Gasteiger partial charge on any atom is 0.446 e. The van der Waals surface area contributed by atoms with Crippen molar-refractivity contribution in [2.24, 2.45) is 0 Å². The highest BCUT2D eigenvalue weighted by Crippen LogP contribution is 2.38. The van der Waals surface area contributed by atoms with E-state index in [-0.39, 0.29) is 27.9 Å². The summed E-state index contributed by atoms with van der Waals surface area (Å²) in [4.78, 5) is 8.42. The van der Waals surface area contributed by atoms with E-state index in [1.807, 2.05) is 0 Å². The molecule has 0 radical (unpaired) electrons. The third kappa shape index (κ3) is 4.42. The van der Waals surface area contributed by atoms with Crippen LogP contribution in [-0.4, -0.2) is 39.3 Å². The summed E-state index contributed by atoms with van der Waals surface area (Å²) in [6.07, 6.45) is 3.07. The first-order valence-corrected chi connectivity index (χ1v) is 8.93. The molecule has 2 heterocycles. The molecule has 0 aliphatic carbocycles. The summed E-state index contributed by atoms with van der Waals surface area (Å²) in [5, 5.41) is 9.95. The molecule has 8 heteroatoms. The second-order valence-electron chi connectivity index (χ2n) is 6.90. The van der Waals surface area contributed by atoms with Crippen molar-refractivity contribution in [1.82, 2.24) is 9.88 Å². The van der Waals surface area contributed by atoms with Crippen molar-refractivity contribution in [2.75, 3.05) is 18.1 Å². The van der Waals surface area contributed by atoms with E-state index in [0.717, 1.165) is 17.8 Å². The Hall–Kier alpha value is -1.93. The van der Waals surface area contributed by atoms with Crippen molar-refractivity contribution < 1.29 is 18.3 Å². The van der Waals surface area contributed by atoms with E-state index in [4.69, 9.17) is 0 Å². The second-order valence-corrected chi connectivity index (χ2v) is 8.03. The van der Waals surface area contributed by atoms with Gasteiger partial charge in [0.15, 0.2) is 0 Å². The molecule has 0 spiro atoms. The summed E-state index contributed by atoms with van der Waals surface area (Å²) in [5.74, 6) is 0.162. The van der Waals surface area contributed by atoms with Crippen molar-refractivity contribution in [3.05, 3.63) is 48.3 Å². The number of aromatic hydroxyl groups is 1. The van der Waals surface area contributed by atoms with Gasteiger partial charge in [-0.3, -0.25) is 9.88 Å². The normalized spacial score (nSPS) is 17.7. The standard InChI is InChI=1S/C18H20F3N3OS/c1-17(2)11-23(12-24(17)10-13-7-8-22-9-16(13)25)14-3-5-15(6-4-14)26-18(19,20)21/h3-9,25H,10-12H2,1-2H3. The number of rotatable bonds is 4. The zero-order valence-corrected chi connectivity index (χ0v) is 15.3. The molecule has 26 heavy (non-hydrogen) atoms. The lowest BCUT2D eigenvalue weighted by Gasteiger charge is -2.29. The van der Waals surface area contributed by atoms with Crippen molar-refractivity contribution >= 4 is 17.4 Å². The zero-order valence-electron chi connectivity index (χ0n) is 14.5. The smallest absolute Gasteiger partial charge is 0.446 e. The first-order chi connectivity index (χ1) is 12.1. The van der Waals surface area contributed by atoms with Crippen LogP contribution >= 0.6 is 11.8 Å². The van der Waals surface area contributed by atoms with Gasteiger partial charge >= 0.3 is 5.51 Å². The molecular weight excluding hydrogens is 363 g/mol. The minimum absolute atomic E-state index is 0.107. The minimum atomic E-state index is -4.28. The Balaban J connectivity index is 1.72. The maximum atomic E-state index is 12.5. The average Bonchev–Trinajstić information content (AvgIpc) is 2.84. The van der Waals surface area contributed by atoms with Gasteiger partial charge in [-0.05, 0) is 55.9 Å². The molecule has 2 aromatic rings. The van der Waals surface area contributed by atoms with Crippen molar-refractivity contribution in [3.63, 3.8) is 0 Å². The van der Waals surface area contributed by atoms with E-state index < -0.39 is 5.51 Å². The predicted molar refractivity (Wildman–Crippen MR) is 96.1 cm³/mol. The highest BCUT2D eigenvalue weighted by Gasteiger charge is 2.37. The fourth-order valence-electron chi connectivity index (χ4n) is 3.06. The van der Waals surface area contributed by atoms with Crippen LogP contribution in [0.2, 0.25) is 0 Å². The van der Waals surface area contributed by atoms with Crippen LogP contribution in [0.15, 0.2) is 47.6 Å². The van der Waals surface area contributed by atoms with E-state index in [0.29, 0.717) is 13.2 Å². The molecule has 140 valence electrons. The molecule has 4 nitrogen and oxygen atoms in total. The average molecular weight is 383 g/mol. The molecule has 1 aromatic heterocycles. The number of hydrogen-bond acceptors (Lipinski definition) is 5. The Morgan fingerprint density at radius 2 is 1.88 bits per heavy atom. The van der Waals surface area contributed by atoms with Crippen LogP contribution in [-0.2, 0) is 6.54 Å². The fourth-order valence-corrected chi connectivity index (χ4v) is 3.60. The van der Waals surface area contributed by atoms with Gasteiger partial charge in [-0.15, -0.1) is 0 Å². The molecule has 1 fully saturated rings. The molecule has 0 unspecified atom stereocenters. The van der Waals surface area contributed by atoms with Gasteiger partial charge in [0.2, 0.25) is 0 Å². The highest BCUT2D eigenvalue weighted by atomic mass is 32.2. The number of aromatic nitrogens is 1. The van der Waals surface area contributed by atoms with E-state index in [2.05, 4.69) is 28.6 Å². The quantitative estimate of drug-likeness (QED) is 0.790. The number of benzene rings is 1. The Bertz CT molecular complexity index is 765. The van der Waals surface area contributed by atoms with E-state index in [9.17, 15) is 18.3 Å². The van der Waals surface area contributed by atoms with Crippen LogP contribution < -0.4 is 4.90 Å². The van der Waals surface area contributed by atoms with Gasteiger partial charge in [-0.1, -0.05) is 0 Å². The summed E-state index contributed by atoms with van der Waals surface area (Å²) in [5.41, 5.74) is -2.74. The van der Waals surface area contributed by atoms with Gasteiger partial charge in [0.05, 0.1) is 12.9 Å². The van der Waals surface area contributed by atoms with Crippen LogP contribution in [0.3, 0.4) is 0 Å². The Morgan fingerprint density at radius 3 is 2.50 bits per heavy atom. The Labute approximate surface area is 154 Å². The molecule has 0 amide bonds. The van der Waals surface area contributed by atoms with Crippen LogP contribution in [0, 0.1) is 0 Å². The lowest BCUT2D eigenvalue weighted by molar-refractivity contribution is -0.0328. The molecule has 1 aromatic carbocycles. The molecule has 1 saturated heterocycles. The number of anilines is 1. The van der Waals surface area contributed by atoms with Gasteiger partial charge in [0.1, 0.15) is 5.75 Å². The van der Waals surface area contributed by atoms with E-state index >= 15 is 0 Å². The van der Waals surface area contributed by atoms with E-state index in [1.54, 1.807) is 24.4 Å². The molecule has 1 aliphatic rings. The van der Waals surface area contributed by atoms with Crippen LogP contribution in [0.5, 0.6) is 5.75 Å². The molecule has 0 bridgehead atoms. The van der Waals surface area contributed by atoms with Crippen molar-refractivity contribution in [1.29, 1.82) is 0 Å². The predicted octanol–water partition coefficient (Wildman–Crippen LogP) is 4.46. The fraction of sp³-hybridized carbons (Fsp3) is 0.389. The van der Waals surface area contributed by atoms with Gasteiger partial charge in [0, 0.05) is 41.0 Å². The first kappa shape index (κ1) is 18.8. The number of pyridine rings is 1. The largest absolute Gasteiger partial charge is 0.506 e. The van der Waals surface area contributed by atoms with Crippen LogP contribution in [0.25, 0.3) is 0 Å². The van der Waals surface area contributed by atoms with Gasteiger partial charge < -0.3 is 10.0 Å². The SMILES string of the molecule is CC1(C)CN(c2ccc(SC(F)(F)F)cc2)CN1Cc1ccncc1O. The van der Waals surface area contributed by atoms with Crippen LogP contribution in [0.4, 0.5) is 18.9 Å². The van der Waals surface area contributed by atoms with Gasteiger partial charge in [-0.2, -0.15) is 13.2 Å². The summed E-state index contributed by atoms with van der Waals surface area (Å²) >= 11 is -0.107. The summed E-state index contributed by atoms with van der Waals surface area (Å²) < 4.78 is 37.4.